The van der Waals surface area contributed by atoms with Gasteiger partial charge in [0.05, 0.1) is 26.5 Å². The Labute approximate surface area is 152 Å². The Morgan fingerprint density at radius 2 is 1.85 bits per heavy atom. The molecule has 1 fully saturated rings. The highest BCUT2D eigenvalue weighted by molar-refractivity contribution is 5.82. The van der Waals surface area contributed by atoms with Crippen molar-refractivity contribution in [2.24, 2.45) is 0 Å². The van der Waals surface area contributed by atoms with E-state index in [-0.39, 0.29) is 12.5 Å². The molecule has 0 spiro atoms. The number of methoxy groups -OCH3 is 2. The number of hydrogen-bond donors (Lipinski definition) is 1. The van der Waals surface area contributed by atoms with E-state index in [1.807, 2.05) is 23.1 Å². The first-order chi connectivity index (χ1) is 12.7. The van der Waals surface area contributed by atoms with Crippen LogP contribution in [0, 0.1) is 0 Å². The maximum absolute atomic E-state index is 12.5. The van der Waals surface area contributed by atoms with E-state index in [1.54, 1.807) is 32.7 Å². The van der Waals surface area contributed by atoms with Gasteiger partial charge in [0.25, 0.3) is 0 Å². The number of carbonyl (C=O) groups excluding carboxylic acids is 1. The second-order valence-electron chi connectivity index (χ2n) is 5.84. The number of piperazine rings is 1. The monoisotopic (exact) mass is 357 g/mol. The van der Waals surface area contributed by atoms with Gasteiger partial charge in [0.15, 0.2) is 0 Å². The van der Waals surface area contributed by atoms with Crippen LogP contribution in [0.3, 0.4) is 0 Å². The fourth-order valence-corrected chi connectivity index (χ4v) is 2.85. The third-order valence-corrected chi connectivity index (χ3v) is 4.30. The molecule has 8 nitrogen and oxygen atoms in total. The van der Waals surface area contributed by atoms with Gasteiger partial charge in [-0.1, -0.05) is 0 Å². The molecule has 1 saturated heterocycles. The summed E-state index contributed by atoms with van der Waals surface area (Å²) in [6.45, 7) is 2.93. The number of amides is 1. The first-order valence-corrected chi connectivity index (χ1v) is 8.47. The van der Waals surface area contributed by atoms with Crippen molar-refractivity contribution in [3.05, 3.63) is 36.7 Å². The molecule has 1 amide bonds. The molecule has 1 aliphatic heterocycles. The van der Waals surface area contributed by atoms with Gasteiger partial charge in [-0.15, -0.1) is 0 Å². The third kappa shape index (κ3) is 4.14. The Kier molecular flexibility index (Phi) is 5.73. The summed E-state index contributed by atoms with van der Waals surface area (Å²) in [6.07, 6.45) is 3.45. The van der Waals surface area contributed by atoms with Crippen molar-refractivity contribution in [2.75, 3.05) is 57.2 Å². The molecule has 0 saturated carbocycles. The van der Waals surface area contributed by atoms with Gasteiger partial charge in [0.2, 0.25) is 11.9 Å². The van der Waals surface area contributed by atoms with Gasteiger partial charge < -0.3 is 24.6 Å². The number of rotatable bonds is 6. The molecule has 2 aromatic rings. The summed E-state index contributed by atoms with van der Waals surface area (Å²) < 4.78 is 10.5. The lowest BCUT2D eigenvalue weighted by Gasteiger charge is -2.34. The van der Waals surface area contributed by atoms with Crippen molar-refractivity contribution < 1.29 is 14.3 Å². The molecule has 1 aromatic carbocycles. The average Bonchev–Trinajstić information content (AvgIpc) is 2.72. The predicted octanol–water partition coefficient (Wildman–Crippen LogP) is 1.25. The maximum atomic E-state index is 12.5. The van der Waals surface area contributed by atoms with E-state index in [0.29, 0.717) is 30.5 Å². The number of benzene rings is 1. The Morgan fingerprint density at radius 1 is 1.12 bits per heavy atom. The first kappa shape index (κ1) is 17.8. The molecule has 138 valence electrons. The summed E-state index contributed by atoms with van der Waals surface area (Å²) in [7, 11) is 3.20. The van der Waals surface area contributed by atoms with E-state index in [2.05, 4.69) is 20.2 Å². The van der Waals surface area contributed by atoms with Gasteiger partial charge in [0, 0.05) is 44.6 Å². The molecule has 0 bridgehead atoms. The minimum Gasteiger partial charge on any atom is -0.497 e. The normalized spacial score (nSPS) is 14.1. The quantitative estimate of drug-likeness (QED) is 0.833. The summed E-state index contributed by atoms with van der Waals surface area (Å²) >= 11 is 0. The maximum Gasteiger partial charge on any atom is 0.241 e. The number of nitrogens with zero attached hydrogens (tertiary/aromatic N) is 4. The van der Waals surface area contributed by atoms with Crippen LogP contribution in [0.2, 0.25) is 0 Å². The van der Waals surface area contributed by atoms with Crippen LogP contribution in [-0.2, 0) is 4.79 Å². The van der Waals surface area contributed by atoms with E-state index in [4.69, 9.17) is 9.47 Å². The van der Waals surface area contributed by atoms with Crippen LogP contribution >= 0.6 is 0 Å². The van der Waals surface area contributed by atoms with Crippen LogP contribution < -0.4 is 19.7 Å². The fourth-order valence-electron chi connectivity index (χ4n) is 2.85. The molecule has 0 radical (unpaired) electrons. The van der Waals surface area contributed by atoms with Crippen molar-refractivity contribution in [3.8, 4) is 11.5 Å². The molecule has 2 heterocycles. The Hall–Kier alpha value is -3.03. The lowest BCUT2D eigenvalue weighted by atomic mass is 10.2. The second kappa shape index (κ2) is 8.37. The summed E-state index contributed by atoms with van der Waals surface area (Å²) in [5.74, 6) is 2.13. The van der Waals surface area contributed by atoms with Crippen molar-refractivity contribution in [1.82, 2.24) is 14.9 Å². The van der Waals surface area contributed by atoms with Crippen LogP contribution in [-0.4, -0.2) is 67.7 Å². The molecule has 8 heteroatoms. The van der Waals surface area contributed by atoms with Gasteiger partial charge >= 0.3 is 0 Å². The van der Waals surface area contributed by atoms with E-state index >= 15 is 0 Å². The molecule has 0 atom stereocenters. The first-order valence-electron chi connectivity index (χ1n) is 8.47. The molecule has 0 unspecified atom stereocenters. The Bertz CT molecular complexity index is 733. The lowest BCUT2D eigenvalue weighted by Crippen LogP contribution is -2.50. The minimum atomic E-state index is 0.0449. The summed E-state index contributed by atoms with van der Waals surface area (Å²) in [5.41, 5.74) is 0.733. The number of aromatic nitrogens is 2. The highest BCUT2D eigenvalue weighted by Crippen LogP contribution is 2.28. The number of carbonyl (C=O) groups is 1. The fraction of sp³-hybridized carbons (Fsp3) is 0.389. The zero-order valence-electron chi connectivity index (χ0n) is 15.0. The number of nitrogens with one attached hydrogen (secondary N) is 1. The van der Waals surface area contributed by atoms with Crippen LogP contribution in [0.4, 0.5) is 11.6 Å². The van der Waals surface area contributed by atoms with Crippen LogP contribution in [0.15, 0.2) is 36.7 Å². The number of hydrogen-bond acceptors (Lipinski definition) is 7. The van der Waals surface area contributed by atoms with E-state index in [9.17, 15) is 4.79 Å². The molecule has 0 aliphatic carbocycles. The van der Waals surface area contributed by atoms with Crippen molar-refractivity contribution >= 4 is 17.5 Å². The predicted molar refractivity (Wildman–Crippen MR) is 98.9 cm³/mol. The lowest BCUT2D eigenvalue weighted by molar-refractivity contribution is -0.129. The molecule has 3 rings (SSSR count). The van der Waals surface area contributed by atoms with Gasteiger partial charge in [0.1, 0.15) is 11.5 Å². The topological polar surface area (TPSA) is 79.8 Å². The molecular weight excluding hydrogens is 334 g/mol. The molecular formula is C18H23N5O3. The smallest absolute Gasteiger partial charge is 0.241 e. The SMILES string of the molecule is COc1ccc(OC)c(NCC(=O)N2CCN(c3ncccn3)CC2)c1. The number of anilines is 2. The molecule has 1 aromatic heterocycles. The van der Waals surface area contributed by atoms with Gasteiger partial charge in [-0.25, -0.2) is 9.97 Å². The zero-order chi connectivity index (χ0) is 18.4. The standard InChI is InChI=1S/C18H23N5O3/c1-25-14-4-5-16(26-2)15(12-14)21-13-17(24)22-8-10-23(11-9-22)18-19-6-3-7-20-18/h3-7,12,21H,8-11,13H2,1-2H3. The number of ether oxygens (including phenoxy) is 2. The van der Waals surface area contributed by atoms with E-state index in [1.165, 1.54) is 0 Å². The minimum absolute atomic E-state index is 0.0449. The van der Waals surface area contributed by atoms with E-state index in [0.717, 1.165) is 18.8 Å². The van der Waals surface area contributed by atoms with Gasteiger partial charge in [-0.3, -0.25) is 4.79 Å². The van der Waals surface area contributed by atoms with Crippen LogP contribution in [0.1, 0.15) is 0 Å². The van der Waals surface area contributed by atoms with Crippen molar-refractivity contribution in [1.29, 1.82) is 0 Å². The summed E-state index contributed by atoms with van der Waals surface area (Å²) in [6, 6.07) is 7.24. The Balaban J connectivity index is 1.53. The Morgan fingerprint density at radius 3 is 2.50 bits per heavy atom. The van der Waals surface area contributed by atoms with E-state index < -0.39 is 0 Å². The summed E-state index contributed by atoms with van der Waals surface area (Å²) in [5, 5.41) is 3.14. The van der Waals surface area contributed by atoms with Crippen LogP contribution in [0.25, 0.3) is 0 Å². The third-order valence-electron chi connectivity index (χ3n) is 4.30. The second-order valence-corrected chi connectivity index (χ2v) is 5.84. The summed E-state index contributed by atoms with van der Waals surface area (Å²) in [4.78, 5) is 25.0. The van der Waals surface area contributed by atoms with Gasteiger partial charge in [-0.05, 0) is 18.2 Å². The highest BCUT2D eigenvalue weighted by atomic mass is 16.5. The van der Waals surface area contributed by atoms with Gasteiger partial charge in [-0.2, -0.15) is 0 Å². The molecule has 26 heavy (non-hydrogen) atoms. The molecule has 1 aliphatic rings. The molecule has 1 N–H and O–H groups in total. The van der Waals surface area contributed by atoms with Crippen molar-refractivity contribution in [3.63, 3.8) is 0 Å². The van der Waals surface area contributed by atoms with Crippen molar-refractivity contribution in [2.45, 2.75) is 0 Å². The van der Waals surface area contributed by atoms with Crippen LogP contribution in [0.5, 0.6) is 11.5 Å². The largest absolute Gasteiger partial charge is 0.497 e. The highest BCUT2D eigenvalue weighted by Gasteiger charge is 2.22. The zero-order valence-corrected chi connectivity index (χ0v) is 15.0. The average molecular weight is 357 g/mol.